The summed E-state index contributed by atoms with van der Waals surface area (Å²) in [7, 11) is 2.52. The van der Waals surface area contributed by atoms with Gasteiger partial charge in [0.15, 0.2) is 35.9 Å². The number of hydrogen-bond donors (Lipinski definition) is 1. The van der Waals surface area contributed by atoms with Crippen molar-refractivity contribution in [3.05, 3.63) is 53.6 Å². The lowest BCUT2D eigenvalue weighted by atomic mass is 9.72. The second kappa shape index (κ2) is 13.3. The molecule has 1 aliphatic carbocycles. The van der Waals surface area contributed by atoms with Crippen LogP contribution in [0.25, 0.3) is 0 Å². The quantitative estimate of drug-likeness (QED) is 0.345. The predicted molar refractivity (Wildman–Crippen MR) is 143 cm³/mol. The number of carbonyl (C=O) groups is 5. The molecule has 1 heterocycles. The second-order valence-electron chi connectivity index (χ2n) is 9.60. The Morgan fingerprint density at radius 2 is 1.37 bits per heavy atom. The molecule has 0 radical (unpaired) electrons. The Bertz CT molecular complexity index is 1380. The summed E-state index contributed by atoms with van der Waals surface area (Å²) in [5.74, 6) is -3.58. The zero-order valence-corrected chi connectivity index (χ0v) is 24.0. The average molecular weight is 602 g/mol. The van der Waals surface area contributed by atoms with Gasteiger partial charge in [0, 0.05) is 26.7 Å². The Morgan fingerprint density at radius 3 is 1.95 bits per heavy atom. The Hall–Kier alpha value is -5.01. The first kappa shape index (κ1) is 30.9. The van der Waals surface area contributed by atoms with Crippen LogP contribution in [0.1, 0.15) is 42.6 Å². The minimum atomic E-state index is -1.53. The van der Waals surface area contributed by atoms with Crippen LogP contribution >= 0.6 is 0 Å². The molecule has 2 aromatic rings. The van der Waals surface area contributed by atoms with E-state index in [2.05, 4.69) is 5.32 Å². The van der Waals surface area contributed by atoms with Gasteiger partial charge in [-0.05, 0) is 29.8 Å². The van der Waals surface area contributed by atoms with E-state index >= 15 is 0 Å². The Morgan fingerprint density at radius 1 is 0.767 bits per heavy atom. The standard InChI is InChI=1S/C29H31NO13/c1-14(31)40-25-22(30-29(35)37-5)21(18-11-19(36-4)23-20(12-18)38-13-39-23)24(43-28(34)17-9-7-6-8-10-17)26(41-15(2)32)27(25)42-16(3)33/h6-12,21-22,24-27H,13H2,1-5H3,(H,30,35)/t21-,22-,24-,25+,26+,27+/m1/s1. The molecule has 0 unspecified atom stereocenters. The van der Waals surface area contributed by atoms with Crippen LogP contribution in [0.15, 0.2) is 42.5 Å². The first-order chi connectivity index (χ1) is 20.5. The summed E-state index contributed by atoms with van der Waals surface area (Å²) in [6.07, 6.45) is -6.90. The van der Waals surface area contributed by atoms with Crippen molar-refractivity contribution in [2.45, 2.75) is 57.1 Å². The molecule has 0 spiro atoms. The van der Waals surface area contributed by atoms with Crippen molar-refractivity contribution in [1.29, 1.82) is 0 Å². The number of benzene rings is 2. The van der Waals surface area contributed by atoms with E-state index in [1.54, 1.807) is 30.3 Å². The highest BCUT2D eigenvalue weighted by Crippen LogP contribution is 2.47. The number of fused-ring (bicyclic) bond motifs is 1. The van der Waals surface area contributed by atoms with Gasteiger partial charge < -0.3 is 43.2 Å². The van der Waals surface area contributed by atoms with E-state index in [1.807, 2.05) is 0 Å². The molecule has 14 heteroatoms. The molecule has 0 aromatic heterocycles. The number of rotatable bonds is 8. The third-order valence-corrected chi connectivity index (χ3v) is 6.76. The van der Waals surface area contributed by atoms with Crippen molar-refractivity contribution in [3.8, 4) is 17.2 Å². The zero-order chi connectivity index (χ0) is 31.3. The topological polar surface area (TPSA) is 171 Å². The van der Waals surface area contributed by atoms with Gasteiger partial charge in [-0.2, -0.15) is 0 Å². The highest BCUT2D eigenvalue weighted by molar-refractivity contribution is 5.89. The molecule has 6 atom stereocenters. The molecule has 43 heavy (non-hydrogen) atoms. The van der Waals surface area contributed by atoms with Crippen molar-refractivity contribution in [3.63, 3.8) is 0 Å². The molecule has 1 fully saturated rings. The van der Waals surface area contributed by atoms with Crippen molar-refractivity contribution >= 4 is 30.0 Å². The third kappa shape index (κ3) is 6.90. The Balaban J connectivity index is 1.97. The highest BCUT2D eigenvalue weighted by atomic mass is 16.7. The summed E-state index contributed by atoms with van der Waals surface area (Å²) < 4.78 is 44.2. The second-order valence-corrected chi connectivity index (χ2v) is 9.60. The smallest absolute Gasteiger partial charge is 0.407 e. The number of hydrogen-bond acceptors (Lipinski definition) is 13. The van der Waals surface area contributed by atoms with E-state index < -0.39 is 66.3 Å². The number of methoxy groups -OCH3 is 2. The van der Waals surface area contributed by atoms with Crippen molar-refractivity contribution < 1.29 is 61.9 Å². The molecule has 1 aliphatic heterocycles. The Kier molecular flexibility index (Phi) is 9.58. The maximum atomic E-state index is 13.5. The summed E-state index contributed by atoms with van der Waals surface area (Å²) in [5, 5.41) is 2.62. The van der Waals surface area contributed by atoms with E-state index in [0.29, 0.717) is 11.3 Å². The van der Waals surface area contributed by atoms with Gasteiger partial charge in [0.1, 0.15) is 0 Å². The van der Waals surface area contributed by atoms with E-state index in [1.165, 1.54) is 19.2 Å². The molecule has 1 N–H and O–H groups in total. The fourth-order valence-corrected chi connectivity index (χ4v) is 5.19. The van der Waals surface area contributed by atoms with Crippen molar-refractivity contribution in [1.82, 2.24) is 5.32 Å². The molecule has 2 aromatic carbocycles. The minimum Gasteiger partial charge on any atom is -0.493 e. The SMILES string of the molecule is COC(=O)N[C@H]1[C@H](OC(C)=O)[C@H](OC(C)=O)[C@@H](OC(C)=O)[C@H](OC(=O)c2ccccc2)[C@@H]1c1cc(OC)c2c(c1)OCO2. The lowest BCUT2D eigenvalue weighted by molar-refractivity contribution is -0.211. The molecule has 1 saturated carbocycles. The van der Waals surface area contributed by atoms with E-state index in [4.69, 9.17) is 37.9 Å². The third-order valence-electron chi connectivity index (χ3n) is 6.76. The summed E-state index contributed by atoms with van der Waals surface area (Å²) in [4.78, 5) is 63.2. The summed E-state index contributed by atoms with van der Waals surface area (Å²) in [6, 6.07) is 9.81. The minimum absolute atomic E-state index is 0.100. The number of ether oxygens (including phenoxy) is 8. The summed E-state index contributed by atoms with van der Waals surface area (Å²) in [6.45, 7) is 3.22. The zero-order valence-electron chi connectivity index (χ0n) is 24.0. The van der Waals surface area contributed by atoms with Gasteiger partial charge in [-0.25, -0.2) is 9.59 Å². The molecule has 230 valence electrons. The van der Waals surface area contributed by atoms with Gasteiger partial charge in [-0.1, -0.05) is 18.2 Å². The summed E-state index contributed by atoms with van der Waals surface area (Å²) in [5.41, 5.74) is 0.499. The predicted octanol–water partition coefficient (Wildman–Crippen LogP) is 2.27. The van der Waals surface area contributed by atoms with Gasteiger partial charge in [0.2, 0.25) is 12.5 Å². The van der Waals surface area contributed by atoms with Crippen LogP contribution in [0.2, 0.25) is 0 Å². The molecule has 1 amide bonds. The van der Waals surface area contributed by atoms with Crippen molar-refractivity contribution in [2.24, 2.45) is 0 Å². The van der Waals surface area contributed by atoms with Crippen LogP contribution in [0, 0.1) is 0 Å². The van der Waals surface area contributed by atoms with Gasteiger partial charge in [0.05, 0.1) is 25.8 Å². The van der Waals surface area contributed by atoms with Crippen LogP contribution in [0.3, 0.4) is 0 Å². The van der Waals surface area contributed by atoms with Crippen LogP contribution in [-0.2, 0) is 38.1 Å². The van der Waals surface area contributed by atoms with Gasteiger partial charge in [0.25, 0.3) is 0 Å². The first-order valence-corrected chi connectivity index (χ1v) is 13.1. The van der Waals surface area contributed by atoms with E-state index in [0.717, 1.165) is 27.9 Å². The lowest BCUT2D eigenvalue weighted by Gasteiger charge is -2.48. The Labute approximate surface area is 246 Å². The number of esters is 4. The lowest BCUT2D eigenvalue weighted by Crippen LogP contribution is -2.68. The molecule has 4 rings (SSSR count). The van der Waals surface area contributed by atoms with E-state index in [-0.39, 0.29) is 23.9 Å². The van der Waals surface area contributed by atoms with Crippen LogP contribution in [0.4, 0.5) is 4.79 Å². The number of carbonyl (C=O) groups excluding carboxylic acids is 5. The average Bonchev–Trinajstić information content (AvgIpc) is 3.45. The molecular weight excluding hydrogens is 570 g/mol. The maximum absolute atomic E-state index is 13.5. The van der Waals surface area contributed by atoms with Crippen LogP contribution < -0.4 is 19.5 Å². The van der Waals surface area contributed by atoms with Gasteiger partial charge in [-0.15, -0.1) is 0 Å². The molecule has 14 nitrogen and oxygen atoms in total. The maximum Gasteiger partial charge on any atom is 0.407 e. The highest BCUT2D eigenvalue weighted by Gasteiger charge is 2.59. The fourth-order valence-electron chi connectivity index (χ4n) is 5.19. The van der Waals surface area contributed by atoms with Crippen LogP contribution in [0.5, 0.6) is 17.2 Å². The number of amides is 1. The molecule has 2 aliphatic rings. The van der Waals surface area contributed by atoms with Crippen LogP contribution in [-0.4, -0.2) is 81.4 Å². The van der Waals surface area contributed by atoms with Crippen molar-refractivity contribution in [2.75, 3.05) is 21.0 Å². The van der Waals surface area contributed by atoms with Gasteiger partial charge in [-0.3, -0.25) is 14.4 Å². The monoisotopic (exact) mass is 601 g/mol. The van der Waals surface area contributed by atoms with Gasteiger partial charge >= 0.3 is 30.0 Å². The molecule has 0 saturated heterocycles. The summed E-state index contributed by atoms with van der Waals surface area (Å²) >= 11 is 0. The van der Waals surface area contributed by atoms with E-state index in [9.17, 15) is 24.0 Å². The number of nitrogens with one attached hydrogen (secondary N) is 1. The largest absolute Gasteiger partial charge is 0.493 e. The fraction of sp³-hybridized carbons (Fsp3) is 0.414. The first-order valence-electron chi connectivity index (χ1n) is 13.1. The number of alkyl carbamates (subject to hydrolysis) is 1. The molecular formula is C29H31NO13. The normalized spacial score (nSPS) is 23.7. The molecule has 0 bridgehead atoms.